The van der Waals surface area contributed by atoms with Crippen molar-refractivity contribution in [1.29, 1.82) is 0 Å². The van der Waals surface area contributed by atoms with Crippen LogP contribution in [0.2, 0.25) is 0 Å². The molecule has 0 radical (unpaired) electrons. The second-order valence-electron chi connectivity index (χ2n) is 0.600. The van der Waals surface area contributed by atoms with E-state index in [0.717, 1.165) is 0 Å². The van der Waals surface area contributed by atoms with Crippen LogP contribution in [0.1, 0.15) is 7.13 Å². The molecule has 0 rings (SSSR count). The molecule has 0 aliphatic carbocycles. The molecule has 44 valence electrons. The Labute approximate surface area is 143 Å². The SMILES string of the molecule is O[Si](O)(O)O.[Ca+2].[H-].[H-].[H-].[H-].[H-].[Mg+2].[Na+].[Zn]. The number of hydrogen-bond acceptors (Lipinski definition) is 4. The Kier molecular flexibility index (Phi) is 46.4. The summed E-state index contributed by atoms with van der Waals surface area (Å²) in [6.07, 6.45) is 0. The zero-order chi connectivity index (χ0) is 4.50. The molecule has 0 unspecified atom stereocenters. The van der Waals surface area contributed by atoms with E-state index in [1.54, 1.807) is 0 Å². The van der Waals surface area contributed by atoms with Crippen molar-refractivity contribution in [2.24, 2.45) is 0 Å². The van der Waals surface area contributed by atoms with Crippen LogP contribution in [-0.4, -0.2) is 89.0 Å². The first-order valence-electron chi connectivity index (χ1n) is 0.894. The minimum Gasteiger partial charge on any atom is -1.00 e. The van der Waals surface area contributed by atoms with E-state index in [0.29, 0.717) is 0 Å². The van der Waals surface area contributed by atoms with Gasteiger partial charge in [-0.15, -0.1) is 0 Å². The van der Waals surface area contributed by atoms with Crippen molar-refractivity contribution in [2.75, 3.05) is 0 Å². The third kappa shape index (κ3) is 80.3. The van der Waals surface area contributed by atoms with Gasteiger partial charge in [-0.1, -0.05) is 0 Å². The quantitative estimate of drug-likeness (QED) is 0.325. The van der Waals surface area contributed by atoms with Crippen molar-refractivity contribution < 1.29 is 75.4 Å². The van der Waals surface area contributed by atoms with Gasteiger partial charge in [-0.25, -0.2) is 0 Å². The van der Waals surface area contributed by atoms with Gasteiger partial charge in [0.2, 0.25) is 0 Å². The van der Waals surface area contributed by atoms with E-state index >= 15 is 0 Å². The second kappa shape index (κ2) is 14.2. The second-order valence-corrected chi connectivity index (χ2v) is 1.80. The van der Waals surface area contributed by atoms with Gasteiger partial charge in [-0.05, 0) is 0 Å². The summed E-state index contributed by atoms with van der Waals surface area (Å²) in [6, 6.07) is 0. The Balaban J connectivity index is -0.00000000222. The minimum atomic E-state index is -4.61. The summed E-state index contributed by atoms with van der Waals surface area (Å²) < 4.78 is 0. The van der Waals surface area contributed by atoms with Gasteiger partial charge < -0.3 is 26.3 Å². The van der Waals surface area contributed by atoms with Crippen LogP contribution >= 0.6 is 0 Å². The molecule has 9 heteroatoms. The van der Waals surface area contributed by atoms with Gasteiger partial charge in [-0.2, -0.15) is 0 Å². The van der Waals surface area contributed by atoms with E-state index in [9.17, 15) is 0 Å². The maximum absolute atomic E-state index is 7.33. The first-order valence-corrected chi connectivity index (χ1v) is 2.68. The molecule has 0 aromatic rings. The van der Waals surface area contributed by atoms with Gasteiger partial charge in [0.25, 0.3) is 0 Å². The largest absolute Gasteiger partial charge is 2.00 e. The monoisotopic (exact) mass is 252 g/mol. The first-order chi connectivity index (χ1) is 2.00. The molecular formula is H9CaMgNaO4SiZn. The van der Waals surface area contributed by atoms with Crippen molar-refractivity contribution in [2.45, 2.75) is 0 Å². The van der Waals surface area contributed by atoms with Gasteiger partial charge in [0.15, 0.2) is 0 Å². The molecule has 4 N–H and O–H groups in total. The molecule has 0 bridgehead atoms. The fourth-order valence-corrected chi connectivity index (χ4v) is 0. The normalized spacial score (nSPS) is 6.67. The fraction of sp³-hybridized carbons (Fsp3) is 0. The van der Waals surface area contributed by atoms with Crippen LogP contribution in [0, 0.1) is 0 Å². The third-order valence-electron chi connectivity index (χ3n) is 0. The maximum atomic E-state index is 7.33. The molecule has 0 aromatic heterocycles. The van der Waals surface area contributed by atoms with Crippen LogP contribution in [0.4, 0.5) is 0 Å². The Morgan fingerprint density at radius 1 is 1.00 bits per heavy atom. The van der Waals surface area contributed by atoms with Gasteiger partial charge in [0, 0.05) is 19.5 Å². The van der Waals surface area contributed by atoms with Gasteiger partial charge in [0.1, 0.15) is 0 Å². The molecule has 4 nitrogen and oxygen atoms in total. The van der Waals surface area contributed by atoms with E-state index in [2.05, 4.69) is 0 Å². The van der Waals surface area contributed by atoms with Crippen LogP contribution in [-0.2, 0) is 19.5 Å². The summed E-state index contributed by atoms with van der Waals surface area (Å²) in [4.78, 5) is 29.3. The van der Waals surface area contributed by atoms with E-state index in [-0.39, 0.29) is 117 Å². The summed E-state index contributed by atoms with van der Waals surface area (Å²) in [5.41, 5.74) is 0. The Morgan fingerprint density at radius 3 is 1.00 bits per heavy atom. The molecule has 0 aliphatic rings. The summed E-state index contributed by atoms with van der Waals surface area (Å²) in [5, 5.41) is 0. The van der Waals surface area contributed by atoms with E-state index in [1.165, 1.54) is 0 Å². The molecule has 0 heterocycles. The van der Waals surface area contributed by atoms with Gasteiger partial charge >= 0.3 is 99.4 Å². The molecular weight excluding hydrogens is 245 g/mol. The maximum Gasteiger partial charge on any atom is 2.00 e. The summed E-state index contributed by atoms with van der Waals surface area (Å²) in [6.45, 7) is 0. The van der Waals surface area contributed by atoms with Crippen molar-refractivity contribution >= 4 is 69.8 Å². The smallest absolute Gasteiger partial charge is 1.00 e. The first kappa shape index (κ1) is 29.3. The summed E-state index contributed by atoms with van der Waals surface area (Å²) in [5.74, 6) is 0. The van der Waals surface area contributed by atoms with Gasteiger partial charge in [-0.3, -0.25) is 0 Å². The van der Waals surface area contributed by atoms with Crippen molar-refractivity contribution in [3.8, 4) is 0 Å². The van der Waals surface area contributed by atoms with Crippen molar-refractivity contribution in [3.05, 3.63) is 0 Å². The predicted octanol–water partition coefficient (Wildman–Crippen LogP) is -5.81. The topological polar surface area (TPSA) is 80.9 Å². The zero-order valence-electron chi connectivity index (χ0n) is 10.4. The van der Waals surface area contributed by atoms with E-state index in [4.69, 9.17) is 19.2 Å². The Bertz CT molecular complexity index is 49.2. The molecule has 0 amide bonds. The summed E-state index contributed by atoms with van der Waals surface area (Å²) in [7, 11) is -4.61. The van der Waals surface area contributed by atoms with Crippen LogP contribution in [0.25, 0.3) is 0 Å². The standard InChI is InChI=1S/Ca.Mg.Na.H4O4Si.Zn.5H/c;;;1-5(2,3)4;;;;;;/h;;;1-4H;;;;;;/q2*+2;+1;;;5*-1. The molecule has 0 saturated carbocycles. The average molecular weight is 254 g/mol. The van der Waals surface area contributed by atoms with E-state index < -0.39 is 9.05 Å². The molecule has 0 fully saturated rings. The third-order valence-corrected chi connectivity index (χ3v) is 0. The van der Waals surface area contributed by atoms with Crippen LogP contribution in [0.3, 0.4) is 0 Å². The van der Waals surface area contributed by atoms with Crippen molar-refractivity contribution in [3.63, 3.8) is 0 Å². The Hall–Kier alpha value is 3.71. The molecule has 9 heavy (non-hydrogen) atoms. The van der Waals surface area contributed by atoms with Gasteiger partial charge in [0.05, 0.1) is 0 Å². The fourth-order valence-electron chi connectivity index (χ4n) is 0. The number of hydrogen-bond donors (Lipinski definition) is 4. The van der Waals surface area contributed by atoms with Crippen LogP contribution < -0.4 is 29.6 Å². The average Bonchev–Trinajstić information content (AvgIpc) is 0.722. The molecule has 0 saturated heterocycles. The number of rotatable bonds is 0. The Morgan fingerprint density at radius 2 is 1.00 bits per heavy atom. The molecule has 0 aromatic carbocycles. The van der Waals surface area contributed by atoms with Crippen LogP contribution in [0.5, 0.6) is 0 Å². The molecule has 0 atom stereocenters. The van der Waals surface area contributed by atoms with Crippen molar-refractivity contribution in [1.82, 2.24) is 0 Å². The van der Waals surface area contributed by atoms with E-state index in [1.807, 2.05) is 0 Å². The zero-order valence-corrected chi connectivity index (χ0v) is 15.0. The molecule has 0 aliphatic heterocycles. The summed E-state index contributed by atoms with van der Waals surface area (Å²) >= 11 is 0. The molecule has 0 spiro atoms. The minimum absolute atomic E-state index is 0. The predicted molar refractivity (Wildman–Crippen MR) is 31.7 cm³/mol. The van der Waals surface area contributed by atoms with Crippen LogP contribution in [0.15, 0.2) is 0 Å².